The van der Waals surface area contributed by atoms with E-state index in [9.17, 15) is 14.4 Å². The number of unbranched alkanes of at least 4 members (excludes halogenated alkanes) is 1. The molecular weight excluding hydrogens is 384 g/mol. The Hall–Kier alpha value is -2.45. The molecule has 164 valence electrons. The van der Waals surface area contributed by atoms with E-state index in [-0.39, 0.29) is 17.7 Å². The molecule has 4 N–H and O–H groups in total. The number of fused-ring (bicyclic) bond motifs is 1. The number of hydrogen-bond acceptors (Lipinski definition) is 6. The summed E-state index contributed by atoms with van der Waals surface area (Å²) in [6, 6.07) is 6.23. The van der Waals surface area contributed by atoms with E-state index in [0.29, 0.717) is 25.8 Å². The maximum atomic E-state index is 13.4. The summed E-state index contributed by atoms with van der Waals surface area (Å²) in [5, 5.41) is 6.10. The standard InChI is InChI=1S/C22H32N4O4/c1-30-22(29)17(7-4-5-11-23)25-20(27)19-14-16-6-2-3-8-18(16)26(19)21(28)15-9-12-24-13-10-15/h2-3,6,8,15,17,19,24H,4-5,7,9-14,23H2,1H3,(H,25,27). The van der Waals surface area contributed by atoms with Gasteiger partial charge in [-0.2, -0.15) is 0 Å². The summed E-state index contributed by atoms with van der Waals surface area (Å²) in [5.41, 5.74) is 7.30. The number of benzene rings is 1. The summed E-state index contributed by atoms with van der Waals surface area (Å²) in [7, 11) is 1.31. The number of para-hydroxylation sites is 1. The number of piperidine rings is 1. The molecule has 1 fully saturated rings. The number of nitrogens with zero attached hydrogens (tertiary/aromatic N) is 1. The van der Waals surface area contributed by atoms with Crippen molar-refractivity contribution >= 4 is 23.5 Å². The molecule has 30 heavy (non-hydrogen) atoms. The molecule has 2 atom stereocenters. The molecule has 2 heterocycles. The molecule has 0 spiro atoms. The second-order valence-corrected chi connectivity index (χ2v) is 7.95. The number of ether oxygens (including phenoxy) is 1. The number of hydrogen-bond donors (Lipinski definition) is 3. The molecule has 8 heteroatoms. The van der Waals surface area contributed by atoms with Gasteiger partial charge < -0.3 is 21.1 Å². The fourth-order valence-electron chi connectivity index (χ4n) is 4.29. The maximum Gasteiger partial charge on any atom is 0.328 e. The summed E-state index contributed by atoms with van der Waals surface area (Å²) >= 11 is 0. The van der Waals surface area contributed by atoms with Gasteiger partial charge in [-0.1, -0.05) is 18.2 Å². The molecule has 0 saturated carbocycles. The largest absolute Gasteiger partial charge is 0.467 e. The molecule has 1 saturated heterocycles. The van der Waals surface area contributed by atoms with Crippen LogP contribution >= 0.6 is 0 Å². The van der Waals surface area contributed by atoms with Gasteiger partial charge in [-0.25, -0.2) is 4.79 Å². The topological polar surface area (TPSA) is 114 Å². The van der Waals surface area contributed by atoms with Gasteiger partial charge in [0.1, 0.15) is 12.1 Å². The van der Waals surface area contributed by atoms with Crippen molar-refractivity contribution in [1.29, 1.82) is 0 Å². The van der Waals surface area contributed by atoms with E-state index in [1.807, 2.05) is 24.3 Å². The number of anilines is 1. The van der Waals surface area contributed by atoms with Crippen LogP contribution in [-0.2, 0) is 25.5 Å². The van der Waals surface area contributed by atoms with Crippen LogP contribution in [0.25, 0.3) is 0 Å². The lowest BCUT2D eigenvalue weighted by Crippen LogP contribution is -2.54. The number of rotatable bonds is 8. The average molecular weight is 417 g/mol. The van der Waals surface area contributed by atoms with Gasteiger partial charge in [0.25, 0.3) is 0 Å². The first-order chi connectivity index (χ1) is 14.6. The lowest BCUT2D eigenvalue weighted by atomic mass is 9.96. The van der Waals surface area contributed by atoms with E-state index in [4.69, 9.17) is 10.5 Å². The van der Waals surface area contributed by atoms with Gasteiger partial charge in [-0.05, 0) is 63.4 Å². The van der Waals surface area contributed by atoms with E-state index in [1.54, 1.807) is 4.90 Å². The van der Waals surface area contributed by atoms with E-state index in [0.717, 1.165) is 43.6 Å². The Bertz CT molecular complexity index is 763. The lowest BCUT2D eigenvalue weighted by Gasteiger charge is -2.31. The minimum atomic E-state index is -0.742. The molecule has 2 unspecified atom stereocenters. The molecule has 0 bridgehead atoms. The number of methoxy groups -OCH3 is 1. The average Bonchev–Trinajstić information content (AvgIpc) is 3.17. The molecule has 0 aromatic heterocycles. The molecule has 0 aliphatic carbocycles. The van der Waals surface area contributed by atoms with Crippen LogP contribution in [0.4, 0.5) is 5.69 Å². The Morgan fingerprint density at radius 3 is 2.67 bits per heavy atom. The first-order valence-electron chi connectivity index (χ1n) is 10.8. The highest BCUT2D eigenvalue weighted by molar-refractivity contribution is 6.05. The van der Waals surface area contributed by atoms with Crippen molar-refractivity contribution in [1.82, 2.24) is 10.6 Å². The van der Waals surface area contributed by atoms with Gasteiger partial charge in [0.15, 0.2) is 0 Å². The molecule has 1 aromatic rings. The Labute approximate surface area is 177 Å². The molecule has 2 aliphatic rings. The fraction of sp³-hybridized carbons (Fsp3) is 0.591. The molecule has 2 aliphatic heterocycles. The first-order valence-corrected chi connectivity index (χ1v) is 10.8. The second-order valence-electron chi connectivity index (χ2n) is 7.95. The Morgan fingerprint density at radius 1 is 1.23 bits per heavy atom. The zero-order valence-electron chi connectivity index (χ0n) is 17.6. The van der Waals surface area contributed by atoms with Crippen LogP contribution in [0.2, 0.25) is 0 Å². The molecule has 1 aromatic carbocycles. The Balaban J connectivity index is 1.78. The lowest BCUT2D eigenvalue weighted by molar-refractivity contribution is -0.145. The van der Waals surface area contributed by atoms with Crippen molar-refractivity contribution in [2.45, 2.75) is 50.6 Å². The summed E-state index contributed by atoms with van der Waals surface area (Å²) < 4.78 is 4.87. The predicted molar refractivity (Wildman–Crippen MR) is 114 cm³/mol. The third-order valence-electron chi connectivity index (χ3n) is 5.95. The van der Waals surface area contributed by atoms with Crippen molar-refractivity contribution in [3.05, 3.63) is 29.8 Å². The van der Waals surface area contributed by atoms with Crippen LogP contribution < -0.4 is 21.3 Å². The van der Waals surface area contributed by atoms with Gasteiger partial charge in [-0.3, -0.25) is 14.5 Å². The highest BCUT2D eigenvalue weighted by Gasteiger charge is 2.41. The normalized spacial score (nSPS) is 19.8. The molecule has 0 radical (unpaired) electrons. The van der Waals surface area contributed by atoms with Crippen LogP contribution in [0.1, 0.15) is 37.7 Å². The number of nitrogens with two attached hydrogens (primary N) is 1. The van der Waals surface area contributed by atoms with Crippen LogP contribution in [0.5, 0.6) is 0 Å². The van der Waals surface area contributed by atoms with Gasteiger partial charge in [0.2, 0.25) is 11.8 Å². The van der Waals surface area contributed by atoms with E-state index in [1.165, 1.54) is 7.11 Å². The van der Waals surface area contributed by atoms with Crippen molar-refractivity contribution in [2.24, 2.45) is 11.7 Å². The number of carbonyl (C=O) groups excluding carboxylic acids is 3. The van der Waals surface area contributed by atoms with E-state index in [2.05, 4.69) is 10.6 Å². The predicted octanol–water partition coefficient (Wildman–Crippen LogP) is 0.731. The summed E-state index contributed by atoms with van der Waals surface area (Å²) in [5.74, 6) is -0.920. The van der Waals surface area contributed by atoms with E-state index >= 15 is 0 Å². The highest BCUT2D eigenvalue weighted by Crippen LogP contribution is 2.34. The SMILES string of the molecule is COC(=O)C(CCCCN)NC(=O)C1Cc2ccccc2N1C(=O)C1CCNCC1. The highest BCUT2D eigenvalue weighted by atomic mass is 16.5. The van der Waals surface area contributed by atoms with Gasteiger partial charge in [0.05, 0.1) is 7.11 Å². The van der Waals surface area contributed by atoms with Crippen molar-refractivity contribution < 1.29 is 19.1 Å². The number of nitrogens with one attached hydrogen (secondary N) is 2. The Morgan fingerprint density at radius 2 is 1.97 bits per heavy atom. The molecule has 3 rings (SSSR count). The maximum absolute atomic E-state index is 13.4. The van der Waals surface area contributed by atoms with Crippen molar-refractivity contribution in [3.8, 4) is 0 Å². The molecule has 2 amide bonds. The minimum Gasteiger partial charge on any atom is -0.467 e. The first kappa shape index (κ1) is 22.2. The molecule has 8 nitrogen and oxygen atoms in total. The fourth-order valence-corrected chi connectivity index (χ4v) is 4.29. The summed E-state index contributed by atoms with van der Waals surface area (Å²) in [6.07, 6.45) is 3.88. The Kier molecular flexibility index (Phi) is 7.81. The third-order valence-corrected chi connectivity index (χ3v) is 5.95. The third kappa shape index (κ3) is 4.99. The second kappa shape index (κ2) is 10.5. The van der Waals surface area contributed by atoms with Crippen LogP contribution in [-0.4, -0.2) is 56.6 Å². The smallest absolute Gasteiger partial charge is 0.328 e. The zero-order chi connectivity index (χ0) is 21.5. The number of esters is 1. The van der Waals surface area contributed by atoms with Crippen LogP contribution in [0.15, 0.2) is 24.3 Å². The summed E-state index contributed by atoms with van der Waals surface area (Å²) in [4.78, 5) is 40.4. The number of amides is 2. The van der Waals surface area contributed by atoms with E-state index < -0.39 is 18.1 Å². The minimum absolute atomic E-state index is 0.0145. The quantitative estimate of drug-likeness (QED) is 0.425. The van der Waals surface area contributed by atoms with Crippen LogP contribution in [0.3, 0.4) is 0 Å². The zero-order valence-corrected chi connectivity index (χ0v) is 17.6. The van der Waals surface area contributed by atoms with Crippen LogP contribution in [0, 0.1) is 5.92 Å². The van der Waals surface area contributed by atoms with Gasteiger partial charge in [0, 0.05) is 18.0 Å². The monoisotopic (exact) mass is 416 g/mol. The summed E-state index contributed by atoms with van der Waals surface area (Å²) in [6.45, 7) is 2.13. The van der Waals surface area contributed by atoms with Crippen molar-refractivity contribution in [2.75, 3.05) is 31.6 Å². The van der Waals surface area contributed by atoms with Gasteiger partial charge in [-0.15, -0.1) is 0 Å². The van der Waals surface area contributed by atoms with Crippen molar-refractivity contribution in [3.63, 3.8) is 0 Å². The number of carbonyl (C=O) groups is 3. The molecular formula is C22H32N4O4. The van der Waals surface area contributed by atoms with Gasteiger partial charge >= 0.3 is 5.97 Å².